The van der Waals surface area contributed by atoms with Crippen LogP contribution in [0.3, 0.4) is 0 Å². The second kappa shape index (κ2) is 10.5. The maximum atomic E-state index is 13.1. The number of halogens is 2. The van der Waals surface area contributed by atoms with Gasteiger partial charge in [0.15, 0.2) is 0 Å². The molecule has 2 rings (SSSR count). The highest BCUT2D eigenvalue weighted by Gasteiger charge is 2.27. The van der Waals surface area contributed by atoms with E-state index in [9.17, 15) is 9.59 Å². The van der Waals surface area contributed by atoms with E-state index >= 15 is 0 Å². The molecule has 1 N–H and O–H groups in total. The molecule has 0 aliphatic rings. The van der Waals surface area contributed by atoms with Crippen molar-refractivity contribution in [3.63, 3.8) is 0 Å². The molecule has 0 heterocycles. The lowest BCUT2D eigenvalue weighted by atomic mass is 10.1. The van der Waals surface area contributed by atoms with E-state index in [1.807, 2.05) is 44.2 Å². The SMILES string of the molecule is CC(C)CNC(=O)C(C)N(Cc1c(Cl)cccc1Cl)C(=O)Cc1ccccc1. The van der Waals surface area contributed by atoms with Gasteiger partial charge in [0.2, 0.25) is 11.8 Å². The first kappa shape index (κ1) is 22.3. The summed E-state index contributed by atoms with van der Waals surface area (Å²) in [5.41, 5.74) is 1.52. The van der Waals surface area contributed by atoms with Crippen molar-refractivity contribution < 1.29 is 9.59 Å². The lowest BCUT2D eigenvalue weighted by Crippen LogP contribution is -2.48. The van der Waals surface area contributed by atoms with E-state index in [0.29, 0.717) is 28.1 Å². The maximum Gasteiger partial charge on any atom is 0.242 e. The standard InChI is InChI=1S/C22H26Cl2N2O2/c1-15(2)13-25-22(28)16(3)26(14-18-19(23)10-7-11-20(18)24)21(27)12-17-8-5-4-6-9-17/h4-11,15-16H,12-14H2,1-3H3,(H,25,28). The van der Waals surface area contributed by atoms with E-state index in [2.05, 4.69) is 5.32 Å². The molecule has 0 aliphatic heterocycles. The van der Waals surface area contributed by atoms with Crippen LogP contribution in [-0.4, -0.2) is 29.3 Å². The van der Waals surface area contributed by atoms with Crippen molar-refractivity contribution in [2.75, 3.05) is 6.54 Å². The van der Waals surface area contributed by atoms with Gasteiger partial charge in [0.05, 0.1) is 6.42 Å². The van der Waals surface area contributed by atoms with Gasteiger partial charge >= 0.3 is 0 Å². The summed E-state index contributed by atoms with van der Waals surface area (Å²) in [6.45, 7) is 6.49. The molecule has 0 bridgehead atoms. The van der Waals surface area contributed by atoms with Crippen molar-refractivity contribution in [3.8, 4) is 0 Å². The van der Waals surface area contributed by atoms with Crippen LogP contribution in [0.2, 0.25) is 10.0 Å². The number of rotatable bonds is 8. The van der Waals surface area contributed by atoms with Crippen LogP contribution in [0.25, 0.3) is 0 Å². The Morgan fingerprint density at radius 3 is 2.14 bits per heavy atom. The zero-order valence-corrected chi connectivity index (χ0v) is 17.9. The molecular formula is C22H26Cl2N2O2. The van der Waals surface area contributed by atoms with Gasteiger partial charge in [0.1, 0.15) is 6.04 Å². The van der Waals surface area contributed by atoms with Gasteiger partial charge in [-0.2, -0.15) is 0 Å². The molecule has 0 saturated heterocycles. The van der Waals surface area contributed by atoms with E-state index in [-0.39, 0.29) is 24.8 Å². The zero-order chi connectivity index (χ0) is 20.7. The number of hydrogen-bond donors (Lipinski definition) is 1. The summed E-state index contributed by atoms with van der Waals surface area (Å²) in [4.78, 5) is 27.3. The smallest absolute Gasteiger partial charge is 0.242 e. The van der Waals surface area contributed by atoms with Gasteiger partial charge in [-0.3, -0.25) is 9.59 Å². The van der Waals surface area contributed by atoms with Crippen LogP contribution in [-0.2, 0) is 22.6 Å². The summed E-state index contributed by atoms with van der Waals surface area (Å²) in [6.07, 6.45) is 0.199. The molecule has 2 aromatic rings. The van der Waals surface area contributed by atoms with E-state index < -0.39 is 6.04 Å². The van der Waals surface area contributed by atoms with Crippen LogP contribution in [0.15, 0.2) is 48.5 Å². The molecule has 150 valence electrons. The Morgan fingerprint density at radius 2 is 1.57 bits per heavy atom. The highest BCUT2D eigenvalue weighted by molar-refractivity contribution is 6.36. The summed E-state index contributed by atoms with van der Waals surface area (Å²) < 4.78 is 0. The molecule has 1 atom stereocenters. The lowest BCUT2D eigenvalue weighted by molar-refractivity contribution is -0.140. The molecular weight excluding hydrogens is 395 g/mol. The Morgan fingerprint density at radius 1 is 0.964 bits per heavy atom. The van der Waals surface area contributed by atoms with Crippen molar-refractivity contribution in [1.29, 1.82) is 0 Å². The van der Waals surface area contributed by atoms with E-state index in [0.717, 1.165) is 5.56 Å². The Balaban J connectivity index is 2.26. The third kappa shape index (κ3) is 6.25. The Kier molecular flexibility index (Phi) is 8.34. The lowest BCUT2D eigenvalue weighted by Gasteiger charge is -2.29. The van der Waals surface area contributed by atoms with E-state index in [1.165, 1.54) is 4.90 Å². The summed E-state index contributed by atoms with van der Waals surface area (Å²) in [5.74, 6) is -0.0321. The molecule has 0 aliphatic carbocycles. The molecule has 0 aromatic heterocycles. The minimum Gasteiger partial charge on any atom is -0.354 e. The van der Waals surface area contributed by atoms with Gasteiger partial charge in [-0.05, 0) is 30.5 Å². The third-order valence-electron chi connectivity index (χ3n) is 4.44. The Bertz CT molecular complexity index is 789. The van der Waals surface area contributed by atoms with Gasteiger partial charge in [-0.15, -0.1) is 0 Å². The van der Waals surface area contributed by atoms with Gasteiger partial charge < -0.3 is 10.2 Å². The number of nitrogens with zero attached hydrogens (tertiary/aromatic N) is 1. The fraction of sp³-hybridized carbons (Fsp3) is 0.364. The fourth-order valence-corrected chi connectivity index (χ4v) is 3.28. The van der Waals surface area contributed by atoms with E-state index in [1.54, 1.807) is 25.1 Å². The molecule has 0 fully saturated rings. The molecule has 6 heteroatoms. The number of benzene rings is 2. The summed E-state index contributed by atoms with van der Waals surface area (Å²) in [7, 11) is 0. The van der Waals surface area contributed by atoms with Crippen molar-refractivity contribution in [3.05, 3.63) is 69.7 Å². The van der Waals surface area contributed by atoms with Gasteiger partial charge in [0.25, 0.3) is 0 Å². The normalized spacial score (nSPS) is 11.9. The largest absolute Gasteiger partial charge is 0.354 e. The minimum absolute atomic E-state index is 0.158. The highest BCUT2D eigenvalue weighted by atomic mass is 35.5. The molecule has 2 amide bonds. The van der Waals surface area contributed by atoms with E-state index in [4.69, 9.17) is 23.2 Å². The molecule has 4 nitrogen and oxygen atoms in total. The molecule has 0 radical (unpaired) electrons. The predicted molar refractivity (Wildman–Crippen MR) is 114 cm³/mol. The summed E-state index contributed by atoms with van der Waals surface area (Å²) in [6, 6.07) is 14.0. The average Bonchev–Trinajstić information content (AvgIpc) is 2.66. The first-order valence-corrected chi connectivity index (χ1v) is 10.1. The van der Waals surface area contributed by atoms with Crippen molar-refractivity contribution >= 4 is 35.0 Å². The minimum atomic E-state index is -0.651. The Hall–Kier alpha value is -2.04. The number of nitrogens with one attached hydrogen (secondary N) is 1. The van der Waals surface area contributed by atoms with Crippen molar-refractivity contribution in [2.24, 2.45) is 5.92 Å². The number of carbonyl (C=O) groups excluding carboxylic acids is 2. The Labute approximate surface area is 176 Å². The zero-order valence-electron chi connectivity index (χ0n) is 16.4. The number of carbonyl (C=O) groups is 2. The van der Waals surface area contributed by atoms with Crippen molar-refractivity contribution in [1.82, 2.24) is 10.2 Å². The quantitative estimate of drug-likeness (QED) is 0.670. The first-order valence-electron chi connectivity index (χ1n) is 9.33. The third-order valence-corrected chi connectivity index (χ3v) is 5.15. The predicted octanol–water partition coefficient (Wildman–Crippen LogP) is 4.73. The first-order chi connectivity index (χ1) is 13.3. The van der Waals surface area contributed by atoms with Crippen LogP contribution in [0.5, 0.6) is 0 Å². The highest BCUT2D eigenvalue weighted by Crippen LogP contribution is 2.26. The van der Waals surface area contributed by atoms with Crippen LogP contribution in [0, 0.1) is 5.92 Å². The van der Waals surface area contributed by atoms with Crippen LogP contribution < -0.4 is 5.32 Å². The second-order valence-corrected chi connectivity index (χ2v) is 8.01. The number of amides is 2. The topological polar surface area (TPSA) is 49.4 Å². The molecule has 0 spiro atoms. The summed E-state index contributed by atoms with van der Waals surface area (Å²) in [5, 5.41) is 3.84. The van der Waals surface area contributed by atoms with Crippen LogP contribution >= 0.6 is 23.2 Å². The molecule has 2 aromatic carbocycles. The molecule has 0 saturated carbocycles. The monoisotopic (exact) mass is 420 g/mol. The van der Waals surface area contributed by atoms with Crippen LogP contribution in [0.4, 0.5) is 0 Å². The second-order valence-electron chi connectivity index (χ2n) is 7.20. The van der Waals surface area contributed by atoms with Gasteiger partial charge in [-0.25, -0.2) is 0 Å². The van der Waals surface area contributed by atoms with Crippen LogP contribution in [0.1, 0.15) is 31.9 Å². The number of hydrogen-bond acceptors (Lipinski definition) is 2. The summed E-state index contributed by atoms with van der Waals surface area (Å²) >= 11 is 12.6. The molecule has 1 unspecified atom stereocenters. The average molecular weight is 421 g/mol. The maximum absolute atomic E-state index is 13.1. The van der Waals surface area contributed by atoms with Gasteiger partial charge in [0, 0.05) is 28.7 Å². The molecule has 28 heavy (non-hydrogen) atoms. The van der Waals surface area contributed by atoms with Gasteiger partial charge in [-0.1, -0.05) is 73.4 Å². The van der Waals surface area contributed by atoms with Crippen molar-refractivity contribution in [2.45, 2.75) is 39.8 Å². The fourth-order valence-electron chi connectivity index (χ4n) is 2.76.